The molecule has 2 N–H and O–H groups in total. The highest BCUT2D eigenvalue weighted by atomic mass is 32.2. The Morgan fingerprint density at radius 1 is 1.33 bits per heavy atom. The summed E-state index contributed by atoms with van der Waals surface area (Å²) in [5.41, 5.74) is 2.47. The monoisotopic (exact) mass is 478 g/mol. The number of amides is 1. The first-order valence-corrected chi connectivity index (χ1v) is 12.3. The van der Waals surface area contributed by atoms with Crippen molar-refractivity contribution in [3.05, 3.63) is 68.8 Å². The zero-order chi connectivity index (χ0) is 22.6. The van der Waals surface area contributed by atoms with Crippen LogP contribution in [0.4, 0.5) is 10.5 Å². The Hall–Kier alpha value is -3.32. The highest BCUT2D eigenvalue weighted by Crippen LogP contribution is 2.69. The summed E-state index contributed by atoms with van der Waals surface area (Å²) in [4.78, 5) is 14.2. The summed E-state index contributed by atoms with van der Waals surface area (Å²) in [5.74, 6) is 6.49. The Morgan fingerprint density at radius 2 is 2.15 bits per heavy atom. The smallest absolute Gasteiger partial charge is 0.412 e. The van der Waals surface area contributed by atoms with Crippen molar-refractivity contribution in [2.75, 3.05) is 5.32 Å². The van der Waals surface area contributed by atoms with Crippen LogP contribution in [0.3, 0.4) is 0 Å². The fourth-order valence-corrected chi connectivity index (χ4v) is 6.89. The summed E-state index contributed by atoms with van der Waals surface area (Å²) in [6.45, 7) is 1.85. The standard InChI is InChI=1S/C24H18N2O5S2/c1-14-20(25-23(28)29-13-15-5-3-2-4-6-15)18(26-30-14)8-7-17-11-16-12-19-24(9-10-24)22(27)33(19)31-21(16)32-17/h2-6,11-12,27H,9-10,13H2,1H3,(H,25,28). The molecule has 3 aromatic rings. The predicted molar refractivity (Wildman–Crippen MR) is 127 cm³/mol. The molecule has 9 heteroatoms. The van der Waals surface area contributed by atoms with Crippen molar-refractivity contribution in [3.8, 4) is 16.9 Å². The molecule has 1 aromatic carbocycles. The largest absolute Gasteiger partial charge is 0.444 e. The van der Waals surface area contributed by atoms with Crippen LogP contribution in [0.2, 0.25) is 0 Å². The second kappa shape index (κ2) is 7.63. The van der Waals surface area contributed by atoms with Crippen molar-refractivity contribution in [3.63, 3.8) is 0 Å². The fourth-order valence-electron chi connectivity index (χ4n) is 3.80. The number of fused-ring (bicyclic) bond motifs is 3. The molecular weight excluding hydrogens is 460 g/mol. The van der Waals surface area contributed by atoms with Gasteiger partial charge in [0.2, 0.25) is 0 Å². The number of carbonyl (C=O) groups excluding carboxylic acids is 1. The maximum atomic E-state index is 12.3. The Kier molecular flexibility index (Phi) is 4.69. The normalized spacial score (nSPS) is 18.7. The third-order valence-corrected chi connectivity index (χ3v) is 8.82. The molecule has 1 atom stereocenters. The van der Waals surface area contributed by atoms with Gasteiger partial charge in [-0.2, -0.15) is 0 Å². The number of aliphatic hydroxyl groups excluding tert-OH is 1. The van der Waals surface area contributed by atoms with Gasteiger partial charge in [0, 0.05) is 10.5 Å². The van der Waals surface area contributed by atoms with Crippen molar-refractivity contribution in [2.45, 2.75) is 26.4 Å². The molecule has 2 aromatic heterocycles. The SMILES string of the molecule is Cc1onc(C#Cc2cc3c(s2)OS2=C(O)C4(CC4)C2=C3)c1NC(=O)OCc1ccccc1. The van der Waals surface area contributed by atoms with E-state index in [4.69, 9.17) is 13.4 Å². The number of anilines is 1. The van der Waals surface area contributed by atoms with Crippen molar-refractivity contribution in [2.24, 2.45) is 5.41 Å². The molecule has 3 aliphatic rings. The van der Waals surface area contributed by atoms with Gasteiger partial charge in [0.1, 0.15) is 17.3 Å². The minimum absolute atomic E-state index is 0.109. The van der Waals surface area contributed by atoms with Gasteiger partial charge in [-0.05, 0) is 49.3 Å². The van der Waals surface area contributed by atoms with Crippen LogP contribution in [0.5, 0.6) is 5.06 Å². The van der Waals surface area contributed by atoms with E-state index in [1.165, 1.54) is 16.2 Å². The van der Waals surface area contributed by atoms with E-state index in [1.54, 1.807) is 6.92 Å². The predicted octanol–water partition coefficient (Wildman–Crippen LogP) is 5.59. The first-order chi connectivity index (χ1) is 16.0. The van der Waals surface area contributed by atoms with E-state index in [-0.39, 0.29) is 12.0 Å². The van der Waals surface area contributed by atoms with Gasteiger partial charge in [-0.3, -0.25) is 5.32 Å². The van der Waals surface area contributed by atoms with Crippen LogP contribution in [0.15, 0.2) is 45.8 Å². The van der Waals surface area contributed by atoms with E-state index in [1.807, 2.05) is 36.4 Å². The molecule has 1 amide bonds. The maximum absolute atomic E-state index is 12.3. The van der Waals surface area contributed by atoms with E-state index in [0.717, 1.165) is 33.9 Å². The molecule has 1 spiro atoms. The van der Waals surface area contributed by atoms with E-state index < -0.39 is 16.9 Å². The number of thiophene rings is 1. The summed E-state index contributed by atoms with van der Waals surface area (Å²) in [6.07, 6.45) is 3.52. The van der Waals surface area contributed by atoms with Gasteiger partial charge in [-0.25, -0.2) is 4.79 Å². The van der Waals surface area contributed by atoms with E-state index in [0.29, 0.717) is 22.2 Å². The summed E-state index contributed by atoms with van der Waals surface area (Å²) in [6, 6.07) is 11.4. The van der Waals surface area contributed by atoms with Crippen molar-refractivity contribution in [1.29, 1.82) is 0 Å². The van der Waals surface area contributed by atoms with E-state index in [9.17, 15) is 9.90 Å². The topological polar surface area (TPSA) is 93.8 Å². The number of benzene rings is 1. The molecule has 0 saturated heterocycles. The number of aromatic nitrogens is 1. The van der Waals surface area contributed by atoms with Gasteiger partial charge < -0.3 is 18.5 Å². The van der Waals surface area contributed by atoms with Gasteiger partial charge in [0.25, 0.3) is 0 Å². The Bertz CT molecular complexity index is 1420. The van der Waals surface area contributed by atoms with Crippen LogP contribution >= 0.6 is 22.1 Å². The molecular formula is C24H18N2O5S2. The number of aryl methyl sites for hydroxylation is 1. The molecule has 1 unspecified atom stereocenters. The van der Waals surface area contributed by atoms with E-state index in [2.05, 4.69) is 28.4 Å². The number of hydrogen-bond donors (Lipinski definition) is 2. The number of carbonyl (C=O) groups is 1. The average Bonchev–Trinajstić information content (AvgIpc) is 3.48. The lowest BCUT2D eigenvalue weighted by Gasteiger charge is -2.35. The summed E-state index contributed by atoms with van der Waals surface area (Å²) >= 11 is 1.42. The molecule has 33 heavy (non-hydrogen) atoms. The van der Waals surface area contributed by atoms with Crippen molar-refractivity contribution >= 4 is 45.0 Å². The van der Waals surface area contributed by atoms with Crippen LogP contribution in [-0.2, 0) is 11.3 Å². The molecule has 6 rings (SSSR count). The first kappa shape index (κ1) is 20.3. The number of hydrogen-bond acceptors (Lipinski definition) is 6. The molecule has 2 aliphatic heterocycles. The van der Waals surface area contributed by atoms with E-state index >= 15 is 0 Å². The van der Waals surface area contributed by atoms with Crippen molar-refractivity contribution < 1.29 is 23.3 Å². The quantitative estimate of drug-likeness (QED) is 0.376. The van der Waals surface area contributed by atoms with Gasteiger partial charge in [-0.1, -0.05) is 46.8 Å². The van der Waals surface area contributed by atoms with Crippen LogP contribution < -0.4 is 9.50 Å². The zero-order valence-electron chi connectivity index (χ0n) is 17.5. The number of nitrogens with zero attached hydrogens (tertiary/aromatic N) is 1. The second-order valence-electron chi connectivity index (χ2n) is 8.00. The molecule has 1 saturated carbocycles. The lowest BCUT2D eigenvalue weighted by molar-refractivity contribution is 0.155. The molecule has 4 heterocycles. The Morgan fingerprint density at radius 3 is 2.94 bits per heavy atom. The van der Waals surface area contributed by atoms with Crippen LogP contribution in [-0.4, -0.2) is 21.4 Å². The van der Waals surface area contributed by atoms with Gasteiger partial charge in [-0.15, -0.1) is 0 Å². The number of ether oxygens (including phenoxy) is 1. The number of rotatable bonds is 3. The Labute approximate surface area is 196 Å². The highest BCUT2D eigenvalue weighted by molar-refractivity contribution is 8.17. The van der Waals surface area contributed by atoms with Crippen LogP contribution in [0.25, 0.3) is 6.08 Å². The lowest BCUT2D eigenvalue weighted by Crippen LogP contribution is -2.30. The van der Waals surface area contributed by atoms with Crippen LogP contribution in [0.1, 0.15) is 40.3 Å². The minimum Gasteiger partial charge on any atom is -0.444 e. The number of aliphatic hydroxyl groups is 1. The zero-order valence-corrected chi connectivity index (χ0v) is 19.1. The first-order valence-electron chi connectivity index (χ1n) is 10.3. The lowest BCUT2D eigenvalue weighted by atomic mass is 10.1. The molecule has 0 bridgehead atoms. The third-order valence-electron chi connectivity index (χ3n) is 5.78. The second-order valence-corrected chi connectivity index (χ2v) is 10.5. The minimum atomic E-state index is -0.610. The summed E-state index contributed by atoms with van der Waals surface area (Å²) < 4.78 is 16.5. The van der Waals surface area contributed by atoms with Gasteiger partial charge in [0.15, 0.2) is 16.5 Å². The molecule has 1 fully saturated rings. The van der Waals surface area contributed by atoms with Crippen molar-refractivity contribution in [1.82, 2.24) is 5.16 Å². The third kappa shape index (κ3) is 3.47. The number of nitrogens with one attached hydrogen (secondary N) is 1. The average molecular weight is 479 g/mol. The van der Waals surface area contributed by atoms with Gasteiger partial charge >= 0.3 is 6.09 Å². The Balaban J connectivity index is 1.18. The molecule has 1 aliphatic carbocycles. The van der Waals surface area contributed by atoms with Gasteiger partial charge in [0.05, 0.1) is 21.1 Å². The highest BCUT2D eigenvalue weighted by Gasteiger charge is 2.60. The molecule has 7 nitrogen and oxygen atoms in total. The summed E-state index contributed by atoms with van der Waals surface area (Å²) in [5, 5.41) is 18.2. The fraction of sp³-hybridized carbons (Fsp3) is 0.208. The molecule has 0 radical (unpaired) electrons. The maximum Gasteiger partial charge on any atom is 0.412 e. The van der Waals surface area contributed by atoms with Crippen LogP contribution in [0, 0.1) is 24.2 Å². The summed E-state index contributed by atoms with van der Waals surface area (Å²) in [7, 11) is -0.610. The molecule has 166 valence electrons.